The molecule has 3 rings (SSSR count). The van der Waals surface area contributed by atoms with E-state index < -0.39 is 6.04 Å². The molecule has 1 unspecified atom stereocenters. The topological polar surface area (TPSA) is 75.2 Å². The van der Waals surface area contributed by atoms with Gasteiger partial charge in [0.25, 0.3) is 5.91 Å². The van der Waals surface area contributed by atoms with Gasteiger partial charge in [-0.2, -0.15) is 0 Å². The predicted octanol–water partition coefficient (Wildman–Crippen LogP) is 0.799. The third-order valence-electron chi connectivity index (χ3n) is 3.15. The van der Waals surface area contributed by atoms with Gasteiger partial charge in [-0.05, 0) is 12.1 Å². The number of carbonyl (C=O) groups is 2. The van der Waals surface area contributed by atoms with Crippen LogP contribution < -0.4 is 5.32 Å². The SMILES string of the molecule is CN1C(=O)CC(Nc2cnc3ccccc3n2)C1=O. The van der Waals surface area contributed by atoms with Crippen LogP contribution in [0.1, 0.15) is 6.42 Å². The lowest BCUT2D eigenvalue weighted by Crippen LogP contribution is -2.32. The van der Waals surface area contributed by atoms with Crippen molar-refractivity contribution in [1.82, 2.24) is 14.9 Å². The van der Waals surface area contributed by atoms with Crippen LogP contribution in [0.5, 0.6) is 0 Å². The summed E-state index contributed by atoms with van der Waals surface area (Å²) in [6.07, 6.45) is 1.72. The van der Waals surface area contributed by atoms with Crippen LogP contribution in [-0.4, -0.2) is 39.8 Å². The molecule has 1 aliphatic heterocycles. The van der Waals surface area contributed by atoms with E-state index in [1.54, 1.807) is 6.20 Å². The molecule has 0 saturated carbocycles. The largest absolute Gasteiger partial charge is 0.357 e. The fraction of sp³-hybridized carbons (Fsp3) is 0.231. The van der Waals surface area contributed by atoms with Crippen LogP contribution in [-0.2, 0) is 9.59 Å². The first-order chi connectivity index (χ1) is 9.15. The summed E-state index contributed by atoms with van der Waals surface area (Å²) >= 11 is 0. The van der Waals surface area contributed by atoms with Gasteiger partial charge in [-0.25, -0.2) is 4.98 Å². The monoisotopic (exact) mass is 256 g/mol. The van der Waals surface area contributed by atoms with Crippen molar-refractivity contribution in [3.05, 3.63) is 30.5 Å². The van der Waals surface area contributed by atoms with Gasteiger partial charge >= 0.3 is 0 Å². The summed E-state index contributed by atoms with van der Waals surface area (Å²) < 4.78 is 0. The molecule has 1 atom stereocenters. The van der Waals surface area contributed by atoms with Gasteiger partial charge in [0, 0.05) is 7.05 Å². The lowest BCUT2D eigenvalue weighted by molar-refractivity contribution is -0.136. The van der Waals surface area contributed by atoms with Crippen molar-refractivity contribution in [1.29, 1.82) is 0 Å². The van der Waals surface area contributed by atoms with Gasteiger partial charge in [0.05, 0.1) is 23.7 Å². The summed E-state index contributed by atoms with van der Waals surface area (Å²) in [6.45, 7) is 0. The molecule has 0 bridgehead atoms. The van der Waals surface area contributed by atoms with Crippen LogP contribution in [0.4, 0.5) is 5.82 Å². The van der Waals surface area contributed by atoms with E-state index in [4.69, 9.17) is 0 Å². The molecule has 1 aromatic carbocycles. The number of nitrogens with one attached hydrogen (secondary N) is 1. The quantitative estimate of drug-likeness (QED) is 0.804. The lowest BCUT2D eigenvalue weighted by Gasteiger charge is -2.11. The van der Waals surface area contributed by atoms with Gasteiger partial charge in [-0.3, -0.25) is 19.5 Å². The highest BCUT2D eigenvalue weighted by molar-refractivity contribution is 6.06. The van der Waals surface area contributed by atoms with Gasteiger partial charge < -0.3 is 5.32 Å². The van der Waals surface area contributed by atoms with Crippen molar-refractivity contribution in [3.63, 3.8) is 0 Å². The Morgan fingerprint density at radius 2 is 2.00 bits per heavy atom. The van der Waals surface area contributed by atoms with Crippen LogP contribution >= 0.6 is 0 Å². The second-order valence-electron chi connectivity index (χ2n) is 4.44. The second-order valence-corrected chi connectivity index (χ2v) is 4.44. The molecule has 96 valence electrons. The molecule has 1 saturated heterocycles. The van der Waals surface area contributed by atoms with Crippen LogP contribution in [0.25, 0.3) is 11.0 Å². The molecule has 1 aromatic heterocycles. The van der Waals surface area contributed by atoms with Gasteiger partial charge in [0.2, 0.25) is 5.91 Å². The highest BCUT2D eigenvalue weighted by atomic mass is 16.2. The maximum atomic E-state index is 11.8. The highest BCUT2D eigenvalue weighted by Crippen LogP contribution is 2.17. The van der Waals surface area contributed by atoms with Crippen molar-refractivity contribution < 1.29 is 9.59 Å². The number of imide groups is 1. The molecule has 0 radical (unpaired) electrons. The first-order valence-electron chi connectivity index (χ1n) is 5.94. The molecule has 1 fully saturated rings. The van der Waals surface area contributed by atoms with Gasteiger partial charge in [-0.1, -0.05) is 12.1 Å². The summed E-state index contributed by atoms with van der Waals surface area (Å²) in [6, 6.07) is 6.93. The van der Waals surface area contributed by atoms with Crippen LogP contribution in [0, 0.1) is 0 Å². The number of hydrogen-bond acceptors (Lipinski definition) is 5. The van der Waals surface area contributed by atoms with E-state index >= 15 is 0 Å². The van der Waals surface area contributed by atoms with Crippen molar-refractivity contribution in [2.75, 3.05) is 12.4 Å². The first kappa shape index (κ1) is 11.6. The Morgan fingerprint density at radius 3 is 2.68 bits per heavy atom. The number of likely N-dealkylation sites (N-methyl/N-ethyl adjacent to an activating group) is 1. The highest BCUT2D eigenvalue weighted by Gasteiger charge is 2.36. The lowest BCUT2D eigenvalue weighted by atomic mass is 10.2. The minimum Gasteiger partial charge on any atom is -0.357 e. The van der Waals surface area contributed by atoms with E-state index in [0.717, 1.165) is 15.9 Å². The maximum Gasteiger partial charge on any atom is 0.251 e. The molecule has 2 heterocycles. The zero-order valence-corrected chi connectivity index (χ0v) is 10.3. The van der Waals surface area contributed by atoms with Crippen molar-refractivity contribution in [2.24, 2.45) is 0 Å². The minimum atomic E-state index is -0.548. The molecule has 19 heavy (non-hydrogen) atoms. The maximum absolute atomic E-state index is 11.8. The summed E-state index contributed by atoms with van der Waals surface area (Å²) in [5.41, 5.74) is 1.54. The van der Waals surface area contributed by atoms with Gasteiger partial charge in [0.1, 0.15) is 11.9 Å². The second kappa shape index (κ2) is 4.31. The third kappa shape index (κ3) is 2.01. The summed E-state index contributed by atoms with van der Waals surface area (Å²) in [4.78, 5) is 33.0. The van der Waals surface area contributed by atoms with E-state index in [0.29, 0.717) is 5.82 Å². The Hall–Kier alpha value is -2.50. The number of rotatable bonds is 2. The number of carbonyl (C=O) groups excluding carboxylic acids is 2. The molecule has 1 N–H and O–H groups in total. The number of fused-ring (bicyclic) bond motifs is 1. The summed E-state index contributed by atoms with van der Waals surface area (Å²) in [7, 11) is 1.48. The number of para-hydroxylation sites is 2. The van der Waals surface area contributed by atoms with Crippen LogP contribution in [0.2, 0.25) is 0 Å². The van der Waals surface area contributed by atoms with E-state index in [2.05, 4.69) is 15.3 Å². The fourth-order valence-electron chi connectivity index (χ4n) is 2.07. The Bertz CT molecular complexity index is 670. The fourth-order valence-corrected chi connectivity index (χ4v) is 2.07. The summed E-state index contributed by atoms with van der Waals surface area (Å²) in [5, 5.41) is 2.96. The zero-order valence-electron chi connectivity index (χ0n) is 10.3. The Labute approximate surface area is 109 Å². The number of benzene rings is 1. The number of aromatic nitrogens is 2. The molecule has 1 aliphatic rings. The first-order valence-corrected chi connectivity index (χ1v) is 5.94. The Balaban J connectivity index is 1.86. The Morgan fingerprint density at radius 1 is 1.26 bits per heavy atom. The van der Waals surface area contributed by atoms with Crippen molar-refractivity contribution in [3.8, 4) is 0 Å². The minimum absolute atomic E-state index is 0.157. The van der Waals surface area contributed by atoms with Gasteiger partial charge in [-0.15, -0.1) is 0 Å². The number of amides is 2. The Kier molecular flexibility index (Phi) is 2.63. The molecule has 2 aromatic rings. The molecule has 6 heteroatoms. The van der Waals surface area contributed by atoms with E-state index in [-0.39, 0.29) is 18.2 Å². The number of nitrogens with zero attached hydrogens (tertiary/aromatic N) is 3. The third-order valence-corrected chi connectivity index (χ3v) is 3.15. The smallest absolute Gasteiger partial charge is 0.251 e. The van der Waals surface area contributed by atoms with Crippen molar-refractivity contribution in [2.45, 2.75) is 12.5 Å². The standard InChI is InChI=1S/C13H12N4O2/c1-17-12(18)6-10(13(17)19)16-11-7-14-8-4-2-3-5-9(8)15-11/h2-5,7,10H,6H2,1H3,(H,15,16). The molecule has 2 amide bonds. The van der Waals surface area contributed by atoms with Crippen LogP contribution in [0.3, 0.4) is 0 Å². The number of hydrogen-bond donors (Lipinski definition) is 1. The van der Waals surface area contributed by atoms with E-state index in [1.165, 1.54) is 7.05 Å². The van der Waals surface area contributed by atoms with E-state index in [1.807, 2.05) is 24.3 Å². The number of likely N-dealkylation sites (tertiary alicyclic amines) is 1. The molecular weight excluding hydrogens is 244 g/mol. The molecule has 0 spiro atoms. The average molecular weight is 256 g/mol. The van der Waals surface area contributed by atoms with Gasteiger partial charge in [0.15, 0.2) is 0 Å². The van der Waals surface area contributed by atoms with Crippen molar-refractivity contribution >= 4 is 28.7 Å². The molecule has 6 nitrogen and oxygen atoms in total. The van der Waals surface area contributed by atoms with Crippen LogP contribution in [0.15, 0.2) is 30.5 Å². The zero-order chi connectivity index (χ0) is 13.4. The average Bonchev–Trinajstić information content (AvgIpc) is 2.66. The summed E-state index contributed by atoms with van der Waals surface area (Å²) in [5.74, 6) is 0.0800. The van der Waals surface area contributed by atoms with E-state index in [9.17, 15) is 9.59 Å². The molecular formula is C13H12N4O2. The molecule has 0 aliphatic carbocycles. The normalized spacial score (nSPS) is 19.2. The predicted molar refractivity (Wildman–Crippen MR) is 69.3 cm³/mol. The number of anilines is 1.